The molecule has 3 heterocycles. The number of rotatable bonds is 5. The lowest BCUT2D eigenvalue weighted by Crippen LogP contribution is -2.25. The van der Waals surface area contributed by atoms with E-state index in [1.807, 2.05) is 36.4 Å². The minimum atomic E-state index is -0.370. The molecule has 5 aromatic rings. The molecule has 3 aromatic heterocycles. The van der Waals surface area contributed by atoms with E-state index in [-0.39, 0.29) is 17.6 Å². The first kappa shape index (κ1) is 21.0. The molecule has 166 valence electrons. The van der Waals surface area contributed by atoms with Crippen LogP contribution in [-0.2, 0) is 6.54 Å². The molecule has 0 fully saturated rings. The molecule has 33 heavy (non-hydrogen) atoms. The summed E-state index contributed by atoms with van der Waals surface area (Å²) in [5.41, 5.74) is 2.56. The number of nitrogens with zero attached hydrogens (tertiary/aromatic N) is 4. The van der Waals surface area contributed by atoms with Crippen LogP contribution in [0.15, 0.2) is 62.3 Å². The number of fused-ring (bicyclic) bond motifs is 1. The average Bonchev–Trinajstić information content (AvgIpc) is 3.39. The van der Waals surface area contributed by atoms with Crippen LogP contribution in [0.2, 0.25) is 5.02 Å². The molecule has 0 saturated heterocycles. The van der Waals surface area contributed by atoms with Gasteiger partial charge in [0.2, 0.25) is 5.89 Å². The highest BCUT2D eigenvalue weighted by atomic mass is 35.5. The van der Waals surface area contributed by atoms with E-state index in [0.29, 0.717) is 39.2 Å². The average molecular weight is 463 g/mol. The molecular formula is C24H19ClN4O4. The molecule has 0 aliphatic heterocycles. The Morgan fingerprint density at radius 1 is 1.06 bits per heavy atom. The quantitative estimate of drug-likeness (QED) is 0.361. The number of methoxy groups -OCH3 is 1. The largest absolute Gasteiger partial charge is 0.497 e. The van der Waals surface area contributed by atoms with Crippen molar-refractivity contribution in [2.24, 2.45) is 0 Å². The fourth-order valence-corrected chi connectivity index (χ4v) is 3.85. The van der Waals surface area contributed by atoms with E-state index in [1.54, 1.807) is 33.1 Å². The van der Waals surface area contributed by atoms with Gasteiger partial charge in [0.1, 0.15) is 28.7 Å². The zero-order valence-corrected chi connectivity index (χ0v) is 18.9. The first-order chi connectivity index (χ1) is 15.9. The fraction of sp³-hybridized carbons (Fsp3) is 0.167. The Balaban J connectivity index is 1.61. The number of ether oxygens (including phenoxy) is 1. The van der Waals surface area contributed by atoms with Crippen molar-refractivity contribution in [2.75, 3.05) is 7.11 Å². The molecule has 0 aliphatic carbocycles. The maximum absolute atomic E-state index is 13.1. The second-order valence-corrected chi connectivity index (χ2v) is 7.97. The van der Waals surface area contributed by atoms with Crippen LogP contribution in [0.25, 0.3) is 33.6 Å². The van der Waals surface area contributed by atoms with Crippen LogP contribution in [0, 0.1) is 13.8 Å². The molecule has 0 amide bonds. The van der Waals surface area contributed by atoms with E-state index >= 15 is 0 Å². The van der Waals surface area contributed by atoms with Gasteiger partial charge in [-0.25, -0.2) is 9.67 Å². The molecule has 5 rings (SSSR count). The van der Waals surface area contributed by atoms with Crippen LogP contribution in [0.1, 0.15) is 17.2 Å². The number of halogens is 1. The first-order valence-corrected chi connectivity index (χ1v) is 10.6. The molecule has 8 nitrogen and oxygen atoms in total. The van der Waals surface area contributed by atoms with Gasteiger partial charge in [-0.15, -0.1) is 0 Å². The summed E-state index contributed by atoms with van der Waals surface area (Å²) in [5, 5.41) is 9.81. The monoisotopic (exact) mass is 462 g/mol. The number of benzene rings is 2. The van der Waals surface area contributed by atoms with Gasteiger partial charge in [-0.1, -0.05) is 22.8 Å². The van der Waals surface area contributed by atoms with Crippen molar-refractivity contribution >= 4 is 22.5 Å². The summed E-state index contributed by atoms with van der Waals surface area (Å²) >= 11 is 6.10. The number of hydrogen-bond acceptors (Lipinski definition) is 7. The van der Waals surface area contributed by atoms with Gasteiger partial charge in [-0.2, -0.15) is 5.10 Å². The molecule has 0 N–H and O–H groups in total. The third-order valence-corrected chi connectivity index (χ3v) is 5.62. The van der Waals surface area contributed by atoms with E-state index in [0.717, 1.165) is 16.9 Å². The van der Waals surface area contributed by atoms with Crippen LogP contribution in [0.3, 0.4) is 0 Å². The van der Waals surface area contributed by atoms with Crippen LogP contribution < -0.4 is 10.3 Å². The maximum atomic E-state index is 13.1. The Morgan fingerprint density at radius 3 is 2.58 bits per heavy atom. The Bertz CT molecular complexity index is 1530. The van der Waals surface area contributed by atoms with Gasteiger partial charge in [-0.3, -0.25) is 4.79 Å². The van der Waals surface area contributed by atoms with E-state index in [9.17, 15) is 4.79 Å². The molecule has 0 saturated carbocycles. The maximum Gasteiger partial charge on any atom is 0.297 e. The number of hydrogen-bond donors (Lipinski definition) is 0. The summed E-state index contributed by atoms with van der Waals surface area (Å²) in [6.07, 6.45) is 0. The second-order valence-electron chi connectivity index (χ2n) is 7.53. The third-order valence-electron chi connectivity index (χ3n) is 5.38. The van der Waals surface area contributed by atoms with E-state index < -0.39 is 0 Å². The summed E-state index contributed by atoms with van der Waals surface area (Å²) < 4.78 is 17.7. The standard InChI is InChI=1S/C24H19ClN4O4/c1-13-19(26-23(32-13)16-5-4-6-17(25)11-16)12-29-24(30)22-20(14(2)33-28-22)21(27-29)15-7-9-18(31-3)10-8-15/h4-11H,12H2,1-3H3. The van der Waals surface area contributed by atoms with Gasteiger partial charge in [0.25, 0.3) is 5.56 Å². The highest BCUT2D eigenvalue weighted by Gasteiger charge is 2.21. The van der Waals surface area contributed by atoms with E-state index in [2.05, 4.69) is 15.2 Å². The lowest BCUT2D eigenvalue weighted by Gasteiger charge is -2.08. The van der Waals surface area contributed by atoms with Gasteiger partial charge in [0.05, 0.1) is 19.0 Å². The molecule has 0 unspecified atom stereocenters. The van der Waals surface area contributed by atoms with Crippen molar-refractivity contribution in [3.63, 3.8) is 0 Å². The Morgan fingerprint density at radius 2 is 1.85 bits per heavy atom. The van der Waals surface area contributed by atoms with Crippen LogP contribution in [0.4, 0.5) is 0 Å². The highest BCUT2D eigenvalue weighted by Crippen LogP contribution is 2.29. The highest BCUT2D eigenvalue weighted by molar-refractivity contribution is 6.30. The molecule has 0 bridgehead atoms. The SMILES string of the molecule is COc1ccc(-c2nn(Cc3nc(-c4cccc(Cl)c4)oc3C)c(=O)c3noc(C)c23)cc1. The number of oxazole rings is 1. The minimum absolute atomic E-state index is 0.111. The van der Waals surface area contributed by atoms with Crippen molar-refractivity contribution in [1.29, 1.82) is 0 Å². The molecule has 0 spiro atoms. The Kier molecular flexibility index (Phi) is 5.22. The topological polar surface area (TPSA) is 96.2 Å². The lowest BCUT2D eigenvalue weighted by molar-refractivity contribution is 0.405. The number of aryl methyl sites for hydroxylation is 2. The summed E-state index contributed by atoms with van der Waals surface area (Å²) in [6, 6.07) is 14.7. The predicted molar refractivity (Wildman–Crippen MR) is 124 cm³/mol. The summed E-state index contributed by atoms with van der Waals surface area (Å²) in [6.45, 7) is 3.66. The minimum Gasteiger partial charge on any atom is -0.497 e. The normalized spacial score (nSPS) is 11.3. The van der Waals surface area contributed by atoms with Crippen LogP contribution >= 0.6 is 11.6 Å². The molecule has 2 aromatic carbocycles. The van der Waals surface area contributed by atoms with Crippen molar-refractivity contribution in [1.82, 2.24) is 19.9 Å². The zero-order valence-electron chi connectivity index (χ0n) is 18.1. The zero-order chi connectivity index (χ0) is 23.1. The third kappa shape index (κ3) is 3.78. The molecule has 9 heteroatoms. The van der Waals surface area contributed by atoms with E-state index in [4.69, 9.17) is 25.3 Å². The van der Waals surface area contributed by atoms with Crippen molar-refractivity contribution in [2.45, 2.75) is 20.4 Å². The van der Waals surface area contributed by atoms with Crippen LogP contribution in [0.5, 0.6) is 5.75 Å². The van der Waals surface area contributed by atoms with Gasteiger partial charge >= 0.3 is 0 Å². The predicted octanol–water partition coefficient (Wildman–Crippen LogP) is 5.03. The van der Waals surface area contributed by atoms with Gasteiger partial charge in [-0.05, 0) is 56.3 Å². The molecule has 0 atom stereocenters. The van der Waals surface area contributed by atoms with Crippen molar-refractivity contribution in [3.05, 3.63) is 81.1 Å². The fourth-order valence-electron chi connectivity index (χ4n) is 3.66. The van der Waals surface area contributed by atoms with Gasteiger partial charge in [0.15, 0.2) is 5.52 Å². The molecular weight excluding hydrogens is 444 g/mol. The second kappa shape index (κ2) is 8.22. The molecule has 0 aliphatic rings. The smallest absolute Gasteiger partial charge is 0.297 e. The molecule has 0 radical (unpaired) electrons. The summed E-state index contributed by atoms with van der Waals surface area (Å²) in [7, 11) is 1.60. The van der Waals surface area contributed by atoms with Gasteiger partial charge < -0.3 is 13.7 Å². The number of aromatic nitrogens is 4. The Labute approximate surface area is 193 Å². The van der Waals surface area contributed by atoms with Crippen molar-refractivity contribution in [3.8, 4) is 28.5 Å². The van der Waals surface area contributed by atoms with Crippen LogP contribution in [-0.4, -0.2) is 27.0 Å². The Hall–Kier alpha value is -3.91. The summed E-state index contributed by atoms with van der Waals surface area (Å²) in [5.74, 6) is 2.25. The van der Waals surface area contributed by atoms with E-state index in [1.165, 1.54) is 4.68 Å². The lowest BCUT2D eigenvalue weighted by atomic mass is 10.1. The first-order valence-electron chi connectivity index (χ1n) is 10.2. The van der Waals surface area contributed by atoms with Crippen molar-refractivity contribution < 1.29 is 13.7 Å². The summed E-state index contributed by atoms with van der Waals surface area (Å²) in [4.78, 5) is 17.7. The van der Waals surface area contributed by atoms with Gasteiger partial charge in [0, 0.05) is 16.1 Å².